The fraction of sp³-hybridized carbons (Fsp3) is 0.500. The third kappa shape index (κ3) is 5.36. The van der Waals surface area contributed by atoms with Crippen LogP contribution < -0.4 is 0 Å². The molecule has 0 unspecified atom stereocenters. The van der Waals surface area contributed by atoms with Crippen LogP contribution in [0.5, 0.6) is 0 Å². The van der Waals surface area contributed by atoms with Crippen molar-refractivity contribution in [1.29, 1.82) is 0 Å². The Morgan fingerprint density at radius 1 is 1.17 bits per heavy atom. The molecular weight excluding hydrogens is 314 g/mol. The molecule has 0 radical (unpaired) electrons. The molecule has 0 amide bonds. The second-order valence-electron chi connectivity index (χ2n) is 6.24. The van der Waals surface area contributed by atoms with Crippen molar-refractivity contribution in [2.24, 2.45) is 11.8 Å². The van der Waals surface area contributed by atoms with E-state index in [1.807, 2.05) is 6.08 Å². The number of hydrogen-bond acceptors (Lipinski definition) is 0. The van der Waals surface area contributed by atoms with Crippen LogP contribution in [0.3, 0.4) is 0 Å². The zero-order valence-corrected chi connectivity index (χ0v) is 14.3. The summed E-state index contributed by atoms with van der Waals surface area (Å²) in [7, 11) is 0. The van der Waals surface area contributed by atoms with E-state index in [4.69, 9.17) is 11.6 Å². The SMILES string of the molecule is CCCCc1cc(F)c(C#C[C@H]2CC[C@H](C=CCl)CC2)c(F)c1. The van der Waals surface area contributed by atoms with Gasteiger partial charge in [0, 0.05) is 11.5 Å². The van der Waals surface area contributed by atoms with Crippen LogP contribution in [-0.4, -0.2) is 0 Å². The smallest absolute Gasteiger partial charge is 0.142 e. The van der Waals surface area contributed by atoms with E-state index < -0.39 is 11.6 Å². The third-order valence-corrected chi connectivity index (χ3v) is 4.58. The Morgan fingerprint density at radius 2 is 1.83 bits per heavy atom. The summed E-state index contributed by atoms with van der Waals surface area (Å²) >= 11 is 5.60. The van der Waals surface area contributed by atoms with Crippen LogP contribution in [0.25, 0.3) is 0 Å². The topological polar surface area (TPSA) is 0 Å². The van der Waals surface area contributed by atoms with Gasteiger partial charge in [-0.2, -0.15) is 0 Å². The standard InChI is InChI=1S/C20H23ClF2/c1-2-3-4-17-13-19(22)18(20(23)14-17)10-9-15-5-7-16(8-6-15)11-12-21/h11-16H,2-8H2,1H3/t15-,16-. The first-order valence-electron chi connectivity index (χ1n) is 8.40. The Balaban J connectivity index is 2.04. The predicted molar refractivity (Wildman–Crippen MR) is 92.3 cm³/mol. The maximum absolute atomic E-state index is 14.1. The molecule has 0 nitrogen and oxygen atoms in total. The predicted octanol–water partition coefficient (Wildman–Crippen LogP) is 6.22. The first kappa shape index (κ1) is 18.0. The van der Waals surface area contributed by atoms with Gasteiger partial charge in [-0.1, -0.05) is 42.9 Å². The second kappa shape index (κ2) is 9.08. The summed E-state index contributed by atoms with van der Waals surface area (Å²) in [4.78, 5) is 0. The van der Waals surface area contributed by atoms with E-state index in [1.54, 1.807) is 5.54 Å². The Kier molecular flexibility index (Phi) is 7.12. The minimum atomic E-state index is -0.539. The molecule has 1 fully saturated rings. The summed E-state index contributed by atoms with van der Waals surface area (Å²) < 4.78 is 28.2. The molecule has 0 N–H and O–H groups in total. The first-order valence-corrected chi connectivity index (χ1v) is 8.84. The summed E-state index contributed by atoms with van der Waals surface area (Å²) in [5, 5.41) is 0. The molecule has 0 aromatic heterocycles. The Hall–Kier alpha value is -1.33. The van der Waals surface area contributed by atoms with Gasteiger partial charge in [-0.05, 0) is 62.1 Å². The minimum absolute atomic E-state index is 0.0898. The number of allylic oxidation sites excluding steroid dienone is 1. The number of rotatable bonds is 4. The quantitative estimate of drug-likeness (QED) is 0.573. The van der Waals surface area contributed by atoms with Crippen LogP contribution in [0.1, 0.15) is 56.6 Å². The van der Waals surface area contributed by atoms with Crippen molar-refractivity contribution >= 4 is 11.6 Å². The van der Waals surface area contributed by atoms with Crippen LogP contribution in [0.15, 0.2) is 23.7 Å². The molecule has 124 valence electrons. The molecule has 1 aromatic rings. The fourth-order valence-corrected chi connectivity index (χ4v) is 3.21. The molecule has 0 heterocycles. The van der Waals surface area contributed by atoms with Crippen molar-refractivity contribution in [3.63, 3.8) is 0 Å². The van der Waals surface area contributed by atoms with Gasteiger partial charge in [0.1, 0.15) is 11.6 Å². The highest BCUT2D eigenvalue weighted by Gasteiger charge is 2.18. The van der Waals surface area contributed by atoms with E-state index in [0.717, 1.165) is 38.5 Å². The average molecular weight is 337 g/mol. The third-order valence-electron chi connectivity index (χ3n) is 4.44. The molecule has 1 saturated carbocycles. The number of halogens is 3. The highest BCUT2D eigenvalue weighted by atomic mass is 35.5. The van der Waals surface area contributed by atoms with E-state index in [1.165, 1.54) is 12.1 Å². The monoisotopic (exact) mass is 336 g/mol. The van der Waals surface area contributed by atoms with Gasteiger partial charge in [0.2, 0.25) is 0 Å². The maximum atomic E-state index is 14.1. The van der Waals surface area contributed by atoms with Crippen molar-refractivity contribution in [3.8, 4) is 11.8 Å². The van der Waals surface area contributed by atoms with Crippen molar-refractivity contribution in [2.75, 3.05) is 0 Å². The molecule has 0 aliphatic heterocycles. The molecule has 0 bridgehead atoms. The van der Waals surface area contributed by atoms with Gasteiger partial charge in [-0.3, -0.25) is 0 Å². The van der Waals surface area contributed by atoms with E-state index in [-0.39, 0.29) is 11.5 Å². The molecule has 23 heavy (non-hydrogen) atoms. The van der Waals surface area contributed by atoms with E-state index in [9.17, 15) is 8.78 Å². The number of hydrogen-bond donors (Lipinski definition) is 0. The van der Waals surface area contributed by atoms with Gasteiger partial charge in [0.25, 0.3) is 0 Å². The summed E-state index contributed by atoms with van der Waals surface area (Å²) in [5.41, 5.74) is 2.19. The molecule has 1 aromatic carbocycles. The summed E-state index contributed by atoms with van der Waals surface area (Å²) in [6, 6.07) is 2.84. The Labute approximate surface area is 142 Å². The summed E-state index contributed by atoms with van der Waals surface area (Å²) in [6.07, 6.45) is 8.63. The number of unbranched alkanes of at least 4 members (excludes halogenated alkanes) is 1. The molecular formula is C20H23ClF2. The molecule has 3 heteroatoms. The lowest BCUT2D eigenvalue weighted by Gasteiger charge is -2.22. The van der Waals surface area contributed by atoms with Gasteiger partial charge < -0.3 is 0 Å². The van der Waals surface area contributed by atoms with Crippen LogP contribution in [0, 0.1) is 35.3 Å². The van der Waals surface area contributed by atoms with Crippen molar-refractivity contribution in [1.82, 2.24) is 0 Å². The van der Waals surface area contributed by atoms with Gasteiger partial charge >= 0.3 is 0 Å². The van der Waals surface area contributed by atoms with Gasteiger partial charge in [0.15, 0.2) is 0 Å². The van der Waals surface area contributed by atoms with Gasteiger partial charge in [0.05, 0.1) is 5.56 Å². The Bertz CT molecular complexity index is 579. The Morgan fingerprint density at radius 3 is 2.39 bits per heavy atom. The number of aryl methyl sites for hydroxylation is 1. The van der Waals surface area contributed by atoms with Crippen LogP contribution in [0.2, 0.25) is 0 Å². The largest absolute Gasteiger partial charge is 0.206 e. The maximum Gasteiger partial charge on any atom is 0.142 e. The van der Waals surface area contributed by atoms with Crippen molar-refractivity contribution in [2.45, 2.75) is 51.9 Å². The first-order chi connectivity index (χ1) is 11.1. The zero-order valence-electron chi connectivity index (χ0n) is 13.5. The normalized spacial score (nSPS) is 21.2. The van der Waals surface area contributed by atoms with Crippen molar-refractivity contribution in [3.05, 3.63) is 46.5 Å². The summed E-state index contributed by atoms with van der Waals surface area (Å²) in [5.74, 6) is 5.44. The minimum Gasteiger partial charge on any atom is -0.206 e. The van der Waals surface area contributed by atoms with E-state index in [2.05, 4.69) is 18.8 Å². The fourth-order valence-electron chi connectivity index (χ4n) is 3.00. The molecule has 1 aliphatic carbocycles. The molecule has 0 atom stereocenters. The second-order valence-corrected chi connectivity index (χ2v) is 6.49. The number of benzene rings is 1. The molecule has 1 aliphatic rings. The molecule has 0 spiro atoms. The van der Waals surface area contributed by atoms with E-state index in [0.29, 0.717) is 17.9 Å². The van der Waals surface area contributed by atoms with Gasteiger partial charge in [-0.15, -0.1) is 0 Å². The van der Waals surface area contributed by atoms with Crippen LogP contribution >= 0.6 is 11.6 Å². The zero-order chi connectivity index (χ0) is 16.7. The lowest BCUT2D eigenvalue weighted by atomic mass is 9.82. The summed E-state index contributed by atoms with van der Waals surface area (Å²) in [6.45, 7) is 2.06. The van der Waals surface area contributed by atoms with Crippen LogP contribution in [-0.2, 0) is 6.42 Å². The molecule has 0 saturated heterocycles. The van der Waals surface area contributed by atoms with Gasteiger partial charge in [-0.25, -0.2) is 8.78 Å². The van der Waals surface area contributed by atoms with E-state index >= 15 is 0 Å². The molecule has 2 rings (SSSR count). The average Bonchev–Trinajstić information content (AvgIpc) is 2.54. The lowest BCUT2D eigenvalue weighted by Crippen LogP contribution is -2.11. The lowest BCUT2D eigenvalue weighted by molar-refractivity contribution is 0.365. The highest BCUT2D eigenvalue weighted by Crippen LogP contribution is 2.29. The van der Waals surface area contributed by atoms with Crippen molar-refractivity contribution < 1.29 is 8.78 Å². The highest BCUT2D eigenvalue weighted by molar-refractivity contribution is 6.25. The van der Waals surface area contributed by atoms with Crippen LogP contribution in [0.4, 0.5) is 8.78 Å².